The second-order valence-electron chi connectivity index (χ2n) is 5.33. The molecule has 2 aromatic carbocycles. The van der Waals surface area contributed by atoms with Crippen LogP contribution >= 0.6 is 11.6 Å². The monoisotopic (exact) mass is 305 g/mol. The van der Waals surface area contributed by atoms with Gasteiger partial charge < -0.3 is 5.32 Å². The molecule has 0 heterocycles. The van der Waals surface area contributed by atoms with E-state index in [9.17, 15) is 4.39 Å². The molecule has 2 aromatic rings. The summed E-state index contributed by atoms with van der Waals surface area (Å²) in [7, 11) is 0. The lowest BCUT2D eigenvalue weighted by Crippen LogP contribution is -2.23. The van der Waals surface area contributed by atoms with Gasteiger partial charge in [0.1, 0.15) is 5.82 Å². The van der Waals surface area contributed by atoms with Crippen molar-refractivity contribution in [1.29, 1.82) is 0 Å². The number of aryl methyl sites for hydroxylation is 1. The predicted octanol–water partition coefficient (Wildman–Crippen LogP) is 4.72. The van der Waals surface area contributed by atoms with Gasteiger partial charge in [-0.15, -0.1) is 0 Å². The Morgan fingerprint density at radius 3 is 2.48 bits per heavy atom. The van der Waals surface area contributed by atoms with E-state index in [1.165, 1.54) is 17.2 Å². The van der Waals surface area contributed by atoms with Gasteiger partial charge >= 0.3 is 0 Å². The average Bonchev–Trinajstić information content (AvgIpc) is 2.46. The van der Waals surface area contributed by atoms with Crippen LogP contribution in [0.15, 0.2) is 42.5 Å². The van der Waals surface area contributed by atoms with E-state index in [0.29, 0.717) is 5.92 Å². The number of rotatable bonds is 6. The van der Waals surface area contributed by atoms with Crippen molar-refractivity contribution in [2.45, 2.75) is 26.2 Å². The van der Waals surface area contributed by atoms with E-state index in [-0.39, 0.29) is 5.82 Å². The minimum atomic E-state index is -0.175. The molecule has 0 aliphatic heterocycles. The lowest BCUT2D eigenvalue weighted by Gasteiger charge is -2.19. The van der Waals surface area contributed by atoms with E-state index in [1.54, 1.807) is 6.07 Å². The van der Waals surface area contributed by atoms with Gasteiger partial charge in [0.15, 0.2) is 0 Å². The molecule has 21 heavy (non-hydrogen) atoms. The van der Waals surface area contributed by atoms with Crippen LogP contribution in [0.4, 0.5) is 4.39 Å². The van der Waals surface area contributed by atoms with Gasteiger partial charge in [0.2, 0.25) is 0 Å². The molecule has 0 fully saturated rings. The van der Waals surface area contributed by atoms with E-state index in [0.717, 1.165) is 30.1 Å². The molecule has 0 spiro atoms. The molecule has 112 valence electrons. The quantitative estimate of drug-likeness (QED) is 0.814. The molecule has 0 saturated carbocycles. The number of halogens is 2. The average molecular weight is 306 g/mol. The van der Waals surface area contributed by atoms with Crippen LogP contribution in [0.5, 0.6) is 0 Å². The zero-order valence-corrected chi connectivity index (χ0v) is 13.3. The van der Waals surface area contributed by atoms with Crippen molar-refractivity contribution in [3.8, 4) is 0 Å². The maximum Gasteiger partial charge on any atom is 0.123 e. The first kappa shape index (κ1) is 16.0. The topological polar surface area (TPSA) is 12.0 Å². The second kappa shape index (κ2) is 7.58. The van der Waals surface area contributed by atoms with Crippen LogP contribution in [0.25, 0.3) is 0 Å². The largest absolute Gasteiger partial charge is 0.316 e. The van der Waals surface area contributed by atoms with Gasteiger partial charge in [-0.2, -0.15) is 0 Å². The Balaban J connectivity index is 2.21. The number of hydrogen-bond donors (Lipinski definition) is 1. The highest BCUT2D eigenvalue weighted by atomic mass is 35.5. The molecule has 0 aromatic heterocycles. The summed E-state index contributed by atoms with van der Waals surface area (Å²) in [5.74, 6) is 0.178. The maximum atomic E-state index is 13.2. The molecule has 1 atom stereocenters. The molecule has 0 saturated heterocycles. The zero-order valence-electron chi connectivity index (χ0n) is 12.5. The van der Waals surface area contributed by atoms with Crippen LogP contribution in [-0.2, 0) is 6.42 Å². The van der Waals surface area contributed by atoms with Gasteiger partial charge in [0.05, 0.1) is 0 Å². The van der Waals surface area contributed by atoms with E-state index in [2.05, 4.69) is 24.4 Å². The molecule has 0 bridgehead atoms. The molecule has 0 radical (unpaired) electrons. The van der Waals surface area contributed by atoms with E-state index < -0.39 is 0 Å². The molecular weight excluding hydrogens is 285 g/mol. The Morgan fingerprint density at radius 1 is 1.14 bits per heavy atom. The van der Waals surface area contributed by atoms with E-state index >= 15 is 0 Å². The van der Waals surface area contributed by atoms with E-state index in [4.69, 9.17) is 11.6 Å². The van der Waals surface area contributed by atoms with Crippen molar-refractivity contribution in [2.75, 3.05) is 13.1 Å². The Kier molecular flexibility index (Phi) is 5.77. The van der Waals surface area contributed by atoms with Gasteiger partial charge in [-0.3, -0.25) is 0 Å². The summed E-state index contributed by atoms with van der Waals surface area (Å²) < 4.78 is 13.2. The van der Waals surface area contributed by atoms with Gasteiger partial charge in [-0.05, 0) is 60.8 Å². The number of hydrogen-bond acceptors (Lipinski definition) is 1. The minimum absolute atomic E-state index is 0.175. The summed E-state index contributed by atoms with van der Waals surface area (Å²) in [5, 5.41) is 4.15. The SMILES string of the molecule is CCNCC(Cc1ccc(F)cc1C)c1ccc(Cl)cc1. The van der Waals surface area contributed by atoms with Crippen molar-refractivity contribution >= 4 is 11.6 Å². The lowest BCUT2D eigenvalue weighted by molar-refractivity contribution is 0.591. The third-order valence-electron chi connectivity index (χ3n) is 3.75. The molecule has 0 aliphatic rings. The van der Waals surface area contributed by atoms with Crippen LogP contribution in [0, 0.1) is 12.7 Å². The first-order valence-electron chi connectivity index (χ1n) is 7.31. The Labute approximate surface area is 131 Å². The fraction of sp³-hybridized carbons (Fsp3) is 0.333. The summed E-state index contributed by atoms with van der Waals surface area (Å²) in [5.41, 5.74) is 3.45. The first-order chi connectivity index (χ1) is 10.1. The van der Waals surface area contributed by atoms with Gasteiger partial charge in [0.25, 0.3) is 0 Å². The van der Waals surface area contributed by atoms with Crippen molar-refractivity contribution in [3.05, 3.63) is 70.0 Å². The molecule has 0 aliphatic carbocycles. The predicted molar refractivity (Wildman–Crippen MR) is 87.6 cm³/mol. The zero-order chi connectivity index (χ0) is 15.2. The highest BCUT2D eigenvalue weighted by Crippen LogP contribution is 2.24. The highest BCUT2D eigenvalue weighted by Gasteiger charge is 2.13. The summed E-state index contributed by atoms with van der Waals surface area (Å²) in [6.45, 7) is 5.90. The molecule has 2 rings (SSSR count). The van der Waals surface area contributed by atoms with Crippen LogP contribution < -0.4 is 5.32 Å². The minimum Gasteiger partial charge on any atom is -0.316 e. The van der Waals surface area contributed by atoms with Gasteiger partial charge in [0, 0.05) is 17.5 Å². The smallest absolute Gasteiger partial charge is 0.123 e. The van der Waals surface area contributed by atoms with Crippen molar-refractivity contribution in [1.82, 2.24) is 5.32 Å². The lowest BCUT2D eigenvalue weighted by atomic mass is 9.90. The number of benzene rings is 2. The summed E-state index contributed by atoms with van der Waals surface area (Å²) in [4.78, 5) is 0. The maximum absolute atomic E-state index is 13.2. The molecule has 1 unspecified atom stereocenters. The van der Waals surface area contributed by atoms with Gasteiger partial charge in [-0.1, -0.05) is 36.7 Å². The van der Waals surface area contributed by atoms with Crippen molar-refractivity contribution in [2.24, 2.45) is 0 Å². The molecule has 1 N–H and O–H groups in total. The first-order valence-corrected chi connectivity index (χ1v) is 7.69. The summed E-state index contributed by atoms with van der Waals surface area (Å²) in [6, 6.07) is 13.0. The van der Waals surface area contributed by atoms with Crippen molar-refractivity contribution in [3.63, 3.8) is 0 Å². The normalized spacial score (nSPS) is 12.4. The highest BCUT2D eigenvalue weighted by molar-refractivity contribution is 6.30. The number of likely N-dealkylation sites (N-methyl/N-ethyl adjacent to an activating group) is 1. The van der Waals surface area contributed by atoms with Crippen LogP contribution in [0.3, 0.4) is 0 Å². The molecule has 0 amide bonds. The van der Waals surface area contributed by atoms with Gasteiger partial charge in [-0.25, -0.2) is 4.39 Å². The fourth-order valence-corrected chi connectivity index (χ4v) is 2.64. The Morgan fingerprint density at radius 2 is 1.86 bits per heavy atom. The van der Waals surface area contributed by atoms with Crippen molar-refractivity contribution < 1.29 is 4.39 Å². The fourth-order valence-electron chi connectivity index (χ4n) is 2.52. The molecule has 3 heteroatoms. The summed E-state index contributed by atoms with van der Waals surface area (Å²) in [6.07, 6.45) is 0.890. The standard InChI is InChI=1S/C18H21ClFN/c1-3-21-12-16(14-4-7-17(19)8-5-14)11-15-6-9-18(20)10-13(15)2/h4-10,16,21H,3,11-12H2,1-2H3. The Bertz CT molecular complexity index is 580. The second-order valence-corrected chi connectivity index (χ2v) is 5.77. The third-order valence-corrected chi connectivity index (χ3v) is 4.01. The van der Waals surface area contributed by atoms with Crippen LogP contribution in [0.2, 0.25) is 5.02 Å². The van der Waals surface area contributed by atoms with Crippen LogP contribution in [-0.4, -0.2) is 13.1 Å². The van der Waals surface area contributed by atoms with Crippen LogP contribution in [0.1, 0.15) is 29.5 Å². The number of nitrogens with one attached hydrogen (secondary N) is 1. The Hall–Kier alpha value is -1.38. The van der Waals surface area contributed by atoms with E-state index in [1.807, 2.05) is 25.1 Å². The molecular formula is C18H21ClFN. The molecule has 1 nitrogen and oxygen atoms in total. The third kappa shape index (κ3) is 4.55. The summed E-state index contributed by atoms with van der Waals surface area (Å²) >= 11 is 5.97.